The van der Waals surface area contributed by atoms with Crippen molar-refractivity contribution in [2.75, 3.05) is 0 Å². The number of rotatable bonds is 2. The van der Waals surface area contributed by atoms with Gasteiger partial charge in [0.05, 0.1) is 0 Å². The van der Waals surface area contributed by atoms with Crippen molar-refractivity contribution < 1.29 is 0 Å². The first-order valence-electron chi connectivity index (χ1n) is 6.93. The molecule has 0 saturated heterocycles. The summed E-state index contributed by atoms with van der Waals surface area (Å²) >= 11 is 7.66. The third kappa shape index (κ3) is 2.38. The summed E-state index contributed by atoms with van der Waals surface area (Å²) in [6.45, 7) is 2.43. The minimum absolute atomic E-state index is 0.399. The molecule has 1 atom stereocenters. The highest BCUT2D eigenvalue weighted by Gasteiger charge is 2.36. The highest BCUT2D eigenvalue weighted by atomic mass is 79.9. The highest BCUT2D eigenvalue weighted by Crippen LogP contribution is 2.53. The maximum atomic E-state index is 4.00. The van der Waals surface area contributed by atoms with Crippen LogP contribution in [0.25, 0.3) is 10.8 Å². The molecule has 1 aliphatic carbocycles. The molecule has 0 radical (unpaired) electrons. The van der Waals surface area contributed by atoms with E-state index in [-0.39, 0.29) is 0 Å². The van der Waals surface area contributed by atoms with E-state index in [4.69, 9.17) is 0 Å². The van der Waals surface area contributed by atoms with Crippen LogP contribution < -0.4 is 0 Å². The van der Waals surface area contributed by atoms with Gasteiger partial charge in [0.2, 0.25) is 0 Å². The second kappa shape index (κ2) is 5.21. The Labute approximate surface area is 131 Å². The fraction of sp³-hybridized carbons (Fsp3) is 0.412. The van der Waals surface area contributed by atoms with Crippen molar-refractivity contribution in [3.05, 3.63) is 46.4 Å². The molecule has 3 rings (SSSR count). The molecule has 1 saturated carbocycles. The zero-order valence-corrected chi connectivity index (χ0v) is 14.3. The Balaban J connectivity index is 2.12. The first-order chi connectivity index (χ1) is 9.12. The van der Waals surface area contributed by atoms with E-state index in [1.165, 1.54) is 46.5 Å². The van der Waals surface area contributed by atoms with Crippen LogP contribution in [0.2, 0.25) is 0 Å². The smallest absolute Gasteiger partial charge is 0.0455 e. The fourth-order valence-corrected chi connectivity index (χ4v) is 4.65. The quantitative estimate of drug-likeness (QED) is 0.512. The van der Waals surface area contributed by atoms with Gasteiger partial charge >= 0.3 is 0 Å². The van der Waals surface area contributed by atoms with Gasteiger partial charge in [-0.1, -0.05) is 82.0 Å². The van der Waals surface area contributed by atoms with Crippen LogP contribution >= 0.6 is 31.9 Å². The summed E-state index contributed by atoms with van der Waals surface area (Å²) in [5.74, 6) is 0. The van der Waals surface area contributed by atoms with E-state index in [9.17, 15) is 0 Å². The zero-order valence-electron chi connectivity index (χ0n) is 11.1. The monoisotopic (exact) mass is 380 g/mol. The Hall–Kier alpha value is -0.340. The number of fused-ring (bicyclic) bond motifs is 1. The molecule has 0 aromatic heterocycles. The Bertz CT molecular complexity index is 597. The number of hydrogen-bond donors (Lipinski definition) is 0. The van der Waals surface area contributed by atoms with Crippen molar-refractivity contribution in [3.8, 4) is 0 Å². The van der Waals surface area contributed by atoms with Gasteiger partial charge in [-0.25, -0.2) is 0 Å². The van der Waals surface area contributed by atoms with E-state index in [0.29, 0.717) is 10.2 Å². The van der Waals surface area contributed by atoms with E-state index in [1.54, 1.807) is 0 Å². The number of hydrogen-bond acceptors (Lipinski definition) is 0. The fourth-order valence-electron chi connectivity index (χ4n) is 3.32. The molecule has 1 fully saturated rings. The Morgan fingerprint density at radius 3 is 2.32 bits per heavy atom. The molecule has 2 aromatic rings. The van der Waals surface area contributed by atoms with Crippen LogP contribution in [-0.2, 0) is 0 Å². The third-order valence-corrected chi connectivity index (χ3v) is 6.83. The summed E-state index contributed by atoms with van der Waals surface area (Å²) in [6.07, 6.45) is 5.39. The average Bonchev–Trinajstić information content (AvgIpc) is 2.87. The highest BCUT2D eigenvalue weighted by molar-refractivity contribution is 9.10. The summed E-state index contributed by atoms with van der Waals surface area (Å²) < 4.78 is 1.18. The number of benzene rings is 2. The van der Waals surface area contributed by atoms with Gasteiger partial charge in [-0.2, -0.15) is 0 Å². The van der Waals surface area contributed by atoms with Gasteiger partial charge < -0.3 is 0 Å². The molecule has 0 nitrogen and oxygen atoms in total. The van der Waals surface area contributed by atoms with Gasteiger partial charge in [0.1, 0.15) is 0 Å². The lowest BCUT2D eigenvalue weighted by Crippen LogP contribution is -2.17. The van der Waals surface area contributed by atoms with E-state index in [1.807, 2.05) is 0 Å². The van der Waals surface area contributed by atoms with Gasteiger partial charge in [-0.15, -0.1) is 0 Å². The minimum Gasteiger partial charge on any atom is -0.0833 e. The molecule has 100 valence electrons. The molecule has 0 bridgehead atoms. The van der Waals surface area contributed by atoms with Crippen LogP contribution in [0.4, 0.5) is 0 Å². The van der Waals surface area contributed by atoms with Gasteiger partial charge in [-0.3, -0.25) is 0 Å². The van der Waals surface area contributed by atoms with Crippen molar-refractivity contribution in [2.24, 2.45) is 5.41 Å². The van der Waals surface area contributed by atoms with Crippen LogP contribution in [0.5, 0.6) is 0 Å². The molecular weight excluding hydrogens is 364 g/mol. The molecule has 0 aliphatic heterocycles. The zero-order chi connectivity index (χ0) is 13.5. The Kier molecular flexibility index (Phi) is 3.74. The lowest BCUT2D eigenvalue weighted by Gasteiger charge is -2.31. The maximum absolute atomic E-state index is 4.00. The van der Waals surface area contributed by atoms with Crippen LogP contribution in [0.3, 0.4) is 0 Å². The molecule has 1 aliphatic rings. The lowest BCUT2D eigenvalue weighted by atomic mass is 9.81. The third-order valence-electron chi connectivity index (χ3n) is 4.54. The summed E-state index contributed by atoms with van der Waals surface area (Å²) in [4.78, 5) is 0.445. The van der Waals surface area contributed by atoms with Crippen molar-refractivity contribution in [2.45, 2.75) is 37.4 Å². The van der Waals surface area contributed by atoms with Crippen LogP contribution in [0, 0.1) is 5.41 Å². The molecule has 1 unspecified atom stereocenters. The van der Waals surface area contributed by atoms with Crippen molar-refractivity contribution in [1.82, 2.24) is 0 Å². The standard InChI is InChI=1S/C17H18Br2/c1-17(10-4-5-11-17)16(19)14-8-9-15(18)13-7-3-2-6-12(13)14/h2-3,6-9,16H,4-5,10-11H2,1H3. The molecule has 2 aromatic carbocycles. The summed E-state index contributed by atoms with van der Waals surface area (Å²) in [6, 6.07) is 13.1. The summed E-state index contributed by atoms with van der Waals surface area (Å²) in [5.41, 5.74) is 1.83. The minimum atomic E-state index is 0.399. The molecule has 0 N–H and O–H groups in total. The SMILES string of the molecule is CC1(C(Br)c2ccc(Br)c3ccccc23)CCCC1. The van der Waals surface area contributed by atoms with Gasteiger partial charge in [0, 0.05) is 9.30 Å². The van der Waals surface area contributed by atoms with Crippen LogP contribution in [-0.4, -0.2) is 0 Å². The molecule has 0 amide bonds. The predicted octanol–water partition coefficient (Wildman–Crippen LogP) is 6.62. The van der Waals surface area contributed by atoms with Gasteiger partial charge in [0.15, 0.2) is 0 Å². The van der Waals surface area contributed by atoms with Crippen molar-refractivity contribution in [1.29, 1.82) is 0 Å². The summed E-state index contributed by atoms with van der Waals surface area (Å²) in [5, 5.41) is 2.68. The molecular formula is C17H18Br2. The van der Waals surface area contributed by atoms with Crippen molar-refractivity contribution >= 4 is 42.6 Å². The normalized spacial score (nSPS) is 19.7. The van der Waals surface area contributed by atoms with E-state index in [0.717, 1.165) is 0 Å². The van der Waals surface area contributed by atoms with E-state index in [2.05, 4.69) is 75.2 Å². The second-order valence-electron chi connectivity index (χ2n) is 5.91. The second-order valence-corrected chi connectivity index (χ2v) is 7.68. The largest absolute Gasteiger partial charge is 0.0833 e. The Morgan fingerprint density at radius 2 is 1.63 bits per heavy atom. The number of alkyl halides is 1. The average molecular weight is 382 g/mol. The van der Waals surface area contributed by atoms with Gasteiger partial charge in [-0.05, 0) is 40.7 Å². The lowest BCUT2D eigenvalue weighted by molar-refractivity contribution is 0.332. The van der Waals surface area contributed by atoms with Crippen molar-refractivity contribution in [3.63, 3.8) is 0 Å². The molecule has 0 heterocycles. The van der Waals surface area contributed by atoms with Crippen LogP contribution in [0.1, 0.15) is 43.0 Å². The maximum Gasteiger partial charge on any atom is 0.0455 e. The van der Waals surface area contributed by atoms with Gasteiger partial charge in [0.25, 0.3) is 0 Å². The molecule has 19 heavy (non-hydrogen) atoms. The molecule has 0 spiro atoms. The van der Waals surface area contributed by atoms with Crippen LogP contribution in [0.15, 0.2) is 40.9 Å². The predicted molar refractivity (Wildman–Crippen MR) is 89.9 cm³/mol. The first kappa shape index (κ1) is 13.6. The summed E-state index contributed by atoms with van der Waals surface area (Å²) in [7, 11) is 0. The van der Waals surface area contributed by atoms with E-state index < -0.39 is 0 Å². The topological polar surface area (TPSA) is 0 Å². The number of halogens is 2. The molecule has 2 heteroatoms. The first-order valence-corrected chi connectivity index (χ1v) is 8.64. The van der Waals surface area contributed by atoms with E-state index >= 15 is 0 Å². The Morgan fingerprint density at radius 1 is 1.00 bits per heavy atom.